The Hall–Kier alpha value is -2.94. The highest BCUT2D eigenvalue weighted by atomic mass is 32.2. The van der Waals surface area contributed by atoms with Crippen molar-refractivity contribution in [2.45, 2.75) is 24.8 Å². The van der Waals surface area contributed by atoms with E-state index in [0.29, 0.717) is 5.75 Å². The van der Waals surface area contributed by atoms with E-state index in [1.54, 1.807) is 19.9 Å². The van der Waals surface area contributed by atoms with Gasteiger partial charge < -0.3 is 18.9 Å². The highest BCUT2D eigenvalue weighted by molar-refractivity contribution is 7.92. The molecule has 0 spiro atoms. The van der Waals surface area contributed by atoms with Gasteiger partial charge in [-0.15, -0.1) is 0 Å². The summed E-state index contributed by atoms with van der Waals surface area (Å²) < 4.78 is 49.0. The van der Waals surface area contributed by atoms with E-state index in [1.807, 2.05) is 0 Å². The van der Waals surface area contributed by atoms with E-state index >= 15 is 0 Å². The Morgan fingerprint density at radius 3 is 2.14 bits per heavy atom. The Bertz CT molecular complexity index is 955. The van der Waals surface area contributed by atoms with Crippen molar-refractivity contribution < 1.29 is 32.2 Å². The average molecular weight is 409 g/mol. The molecule has 0 unspecified atom stereocenters. The number of esters is 1. The molecular formula is C19H23NO7S. The molecule has 0 fully saturated rings. The number of benzene rings is 2. The highest BCUT2D eigenvalue weighted by Gasteiger charge is 2.23. The normalized spacial score (nSPS) is 11.1. The second-order valence-electron chi connectivity index (χ2n) is 5.99. The molecule has 0 atom stereocenters. The fraction of sp³-hybridized carbons (Fsp3) is 0.316. The van der Waals surface area contributed by atoms with Crippen molar-refractivity contribution >= 4 is 21.7 Å². The molecular weight excluding hydrogens is 386 g/mol. The molecule has 0 saturated carbocycles. The molecule has 0 bridgehead atoms. The molecule has 0 amide bonds. The summed E-state index contributed by atoms with van der Waals surface area (Å²) in [4.78, 5) is 12.0. The number of methoxy groups -OCH3 is 3. The molecule has 0 aliphatic heterocycles. The SMILES string of the molecule is COc1ccc(OC)c(S(=O)(=O)Nc2cc(C(=O)OC(C)C)ccc2OC)c1. The quantitative estimate of drug-likeness (QED) is 0.669. The van der Waals surface area contributed by atoms with Gasteiger partial charge in [0, 0.05) is 6.07 Å². The molecule has 28 heavy (non-hydrogen) atoms. The van der Waals surface area contributed by atoms with Crippen molar-refractivity contribution in [1.29, 1.82) is 0 Å². The number of ether oxygens (including phenoxy) is 4. The lowest BCUT2D eigenvalue weighted by molar-refractivity contribution is 0.0378. The van der Waals surface area contributed by atoms with Gasteiger partial charge in [0.1, 0.15) is 22.1 Å². The first kappa shape index (κ1) is 21.4. The molecule has 0 saturated heterocycles. The molecule has 152 valence electrons. The van der Waals surface area contributed by atoms with Gasteiger partial charge in [-0.05, 0) is 44.2 Å². The summed E-state index contributed by atoms with van der Waals surface area (Å²) in [6.07, 6.45) is -0.309. The minimum absolute atomic E-state index is 0.0885. The van der Waals surface area contributed by atoms with E-state index in [0.717, 1.165) is 0 Å². The summed E-state index contributed by atoms with van der Waals surface area (Å²) in [5, 5.41) is 0. The lowest BCUT2D eigenvalue weighted by Gasteiger charge is -2.16. The third kappa shape index (κ3) is 4.86. The predicted octanol–water partition coefficient (Wildman–Crippen LogP) is 3.08. The van der Waals surface area contributed by atoms with Gasteiger partial charge in [-0.25, -0.2) is 13.2 Å². The Balaban J connectivity index is 2.47. The maximum absolute atomic E-state index is 13.0. The van der Waals surface area contributed by atoms with Gasteiger partial charge >= 0.3 is 5.97 Å². The number of anilines is 1. The van der Waals surface area contributed by atoms with E-state index < -0.39 is 16.0 Å². The smallest absolute Gasteiger partial charge is 0.338 e. The third-order valence-electron chi connectivity index (χ3n) is 3.68. The number of hydrogen-bond donors (Lipinski definition) is 1. The summed E-state index contributed by atoms with van der Waals surface area (Å²) in [5.74, 6) is 0.161. The van der Waals surface area contributed by atoms with Crippen LogP contribution in [0.15, 0.2) is 41.3 Å². The number of nitrogens with one attached hydrogen (secondary N) is 1. The summed E-state index contributed by atoms with van der Waals surface area (Å²) in [6, 6.07) is 8.74. The number of carbonyl (C=O) groups excluding carboxylic acids is 1. The molecule has 0 heterocycles. The van der Waals surface area contributed by atoms with Crippen LogP contribution < -0.4 is 18.9 Å². The zero-order valence-electron chi connectivity index (χ0n) is 16.3. The minimum Gasteiger partial charge on any atom is -0.497 e. The van der Waals surface area contributed by atoms with Crippen molar-refractivity contribution in [3.8, 4) is 17.2 Å². The van der Waals surface area contributed by atoms with Gasteiger partial charge in [-0.1, -0.05) is 0 Å². The molecule has 0 aliphatic carbocycles. The largest absolute Gasteiger partial charge is 0.497 e. The zero-order chi connectivity index (χ0) is 20.9. The van der Waals surface area contributed by atoms with Gasteiger partial charge in [0.15, 0.2) is 0 Å². The first-order chi connectivity index (χ1) is 13.2. The molecule has 2 aromatic rings. The summed E-state index contributed by atoms with van der Waals surface area (Å²) in [7, 11) is 0.114. The van der Waals surface area contributed by atoms with Crippen LogP contribution in [0.3, 0.4) is 0 Å². The molecule has 1 N–H and O–H groups in total. The molecule has 8 nitrogen and oxygen atoms in total. The molecule has 2 aromatic carbocycles. The minimum atomic E-state index is -4.07. The van der Waals surface area contributed by atoms with Crippen molar-refractivity contribution in [3.63, 3.8) is 0 Å². The Labute approximate surface area is 164 Å². The van der Waals surface area contributed by atoms with Crippen LogP contribution in [-0.4, -0.2) is 41.8 Å². The number of carbonyl (C=O) groups is 1. The molecule has 9 heteroatoms. The standard InChI is InChI=1S/C19H23NO7S/c1-12(2)27-19(21)13-6-8-16(25-4)15(10-13)20-28(22,23)18-11-14(24-3)7-9-17(18)26-5/h6-12,20H,1-5H3. The van der Waals surface area contributed by atoms with Crippen molar-refractivity contribution in [2.24, 2.45) is 0 Å². The maximum atomic E-state index is 13.0. The highest BCUT2D eigenvalue weighted by Crippen LogP contribution is 2.33. The Kier molecular flexibility index (Phi) is 6.74. The van der Waals surface area contributed by atoms with Gasteiger partial charge in [0.05, 0.1) is 38.7 Å². The third-order valence-corrected chi connectivity index (χ3v) is 5.07. The Morgan fingerprint density at radius 2 is 1.57 bits per heavy atom. The van der Waals surface area contributed by atoms with Crippen LogP contribution in [0.1, 0.15) is 24.2 Å². The fourth-order valence-electron chi connectivity index (χ4n) is 2.39. The first-order valence-corrected chi connectivity index (χ1v) is 9.84. The van der Waals surface area contributed by atoms with Crippen LogP contribution in [0.25, 0.3) is 0 Å². The van der Waals surface area contributed by atoms with E-state index in [1.165, 1.54) is 51.7 Å². The van der Waals surface area contributed by atoms with E-state index in [-0.39, 0.29) is 33.7 Å². The topological polar surface area (TPSA) is 100 Å². The first-order valence-electron chi connectivity index (χ1n) is 8.35. The van der Waals surface area contributed by atoms with E-state index in [2.05, 4.69) is 4.72 Å². The summed E-state index contributed by atoms with van der Waals surface area (Å²) in [6.45, 7) is 3.44. The van der Waals surface area contributed by atoms with Crippen LogP contribution >= 0.6 is 0 Å². The van der Waals surface area contributed by atoms with Crippen molar-refractivity contribution in [1.82, 2.24) is 0 Å². The molecule has 2 rings (SSSR count). The number of hydrogen-bond acceptors (Lipinski definition) is 7. The number of rotatable bonds is 8. The second-order valence-corrected chi connectivity index (χ2v) is 7.64. The monoisotopic (exact) mass is 409 g/mol. The van der Waals surface area contributed by atoms with Crippen LogP contribution in [0.5, 0.6) is 17.2 Å². The lowest BCUT2D eigenvalue weighted by atomic mass is 10.2. The molecule has 0 radical (unpaired) electrons. The van der Waals surface area contributed by atoms with Crippen molar-refractivity contribution in [2.75, 3.05) is 26.1 Å². The molecule has 0 aliphatic rings. The van der Waals surface area contributed by atoms with Crippen molar-refractivity contribution in [3.05, 3.63) is 42.0 Å². The summed E-state index contributed by atoms with van der Waals surface area (Å²) in [5.41, 5.74) is 0.274. The lowest BCUT2D eigenvalue weighted by Crippen LogP contribution is -2.16. The zero-order valence-corrected chi connectivity index (χ0v) is 17.1. The van der Waals surface area contributed by atoms with Crippen LogP contribution in [-0.2, 0) is 14.8 Å². The van der Waals surface area contributed by atoms with Gasteiger partial charge in [0.25, 0.3) is 10.0 Å². The number of sulfonamides is 1. The van der Waals surface area contributed by atoms with Gasteiger partial charge in [-0.2, -0.15) is 0 Å². The average Bonchev–Trinajstić information content (AvgIpc) is 2.66. The second kappa shape index (κ2) is 8.83. The molecule has 0 aromatic heterocycles. The fourth-order valence-corrected chi connectivity index (χ4v) is 3.64. The van der Waals surface area contributed by atoms with Crippen LogP contribution in [0, 0.1) is 0 Å². The maximum Gasteiger partial charge on any atom is 0.338 e. The predicted molar refractivity (Wildman–Crippen MR) is 104 cm³/mol. The van der Waals surface area contributed by atoms with E-state index in [4.69, 9.17) is 18.9 Å². The van der Waals surface area contributed by atoms with Gasteiger partial charge in [-0.3, -0.25) is 4.72 Å². The van der Waals surface area contributed by atoms with E-state index in [9.17, 15) is 13.2 Å². The Morgan fingerprint density at radius 1 is 0.929 bits per heavy atom. The van der Waals surface area contributed by atoms with Crippen LogP contribution in [0.4, 0.5) is 5.69 Å². The van der Waals surface area contributed by atoms with Gasteiger partial charge in [0.2, 0.25) is 0 Å². The van der Waals surface area contributed by atoms with Crippen LogP contribution in [0.2, 0.25) is 0 Å². The summed E-state index contributed by atoms with van der Waals surface area (Å²) >= 11 is 0.